The van der Waals surface area contributed by atoms with Gasteiger partial charge in [-0.1, -0.05) is 32.9 Å². The molecule has 0 aliphatic carbocycles. The maximum absolute atomic E-state index is 12.6. The Labute approximate surface area is 259 Å². The molecule has 1 aliphatic rings. The molecule has 1 aliphatic heterocycles. The minimum Gasteiger partial charge on any atom is -0.407 e. The Kier molecular flexibility index (Phi) is 9.71. The number of carbonyl (C=O) groups is 2. The molecule has 3 aromatic rings. The zero-order valence-electron chi connectivity index (χ0n) is 25.2. The fourth-order valence-corrected chi connectivity index (χ4v) is 6.43. The van der Waals surface area contributed by atoms with E-state index in [1.807, 2.05) is 33.9 Å². The molecule has 0 saturated carbocycles. The summed E-state index contributed by atoms with van der Waals surface area (Å²) in [5.74, 6) is -1.66. The first-order valence-electron chi connectivity index (χ1n) is 13.8. The Morgan fingerprint density at radius 1 is 1.20 bits per heavy atom. The highest BCUT2D eigenvalue weighted by molar-refractivity contribution is 7.85. The zero-order valence-corrected chi connectivity index (χ0v) is 27.1. The number of hydrogen-bond donors (Lipinski definition) is 3. The van der Waals surface area contributed by atoms with Crippen LogP contribution in [0.15, 0.2) is 36.9 Å². The molecule has 45 heavy (non-hydrogen) atoms. The molecular weight excluding hydrogens is 630 g/mol. The highest BCUT2D eigenvalue weighted by Gasteiger charge is 2.51. The third-order valence-electron chi connectivity index (χ3n) is 7.82. The lowest BCUT2D eigenvalue weighted by Gasteiger charge is -2.40. The Hall–Kier alpha value is -3.88. The number of carbonyl (C=O) groups excluding carboxylic acids is 2. The van der Waals surface area contributed by atoms with E-state index in [-0.39, 0.29) is 16.4 Å². The van der Waals surface area contributed by atoms with Crippen molar-refractivity contribution in [3.05, 3.63) is 52.6 Å². The third-order valence-corrected chi connectivity index (χ3v) is 13.2. The van der Waals surface area contributed by atoms with Gasteiger partial charge in [-0.3, -0.25) is 28.5 Å². The number of imidazole rings is 1. The Bertz CT molecular complexity index is 1710. The molecule has 1 saturated heterocycles. The van der Waals surface area contributed by atoms with Crippen LogP contribution in [0.3, 0.4) is 0 Å². The lowest BCUT2D eigenvalue weighted by atomic mass is 10.0. The standard InChI is InChI=1S/C26H35N7O10SSi/c1-26(2,3)45(4,5)43-22-21(36)18(42-25(22)32-14-30-20-23(27)28-13-29-24(20)32)12-41-44(39,40)31-19(35)11-10-17(34)15-8-6-7-9-16(15)33(37)38/h6-9,13-14,18,21-22,25,36H,10-12H2,1-5H3,(H,31,35)(H2,27,28,29)/t18-,21-,22-,25-/m1/s1. The minimum absolute atomic E-state index is 0.129. The van der Waals surface area contributed by atoms with Gasteiger partial charge in [0.25, 0.3) is 5.69 Å². The van der Waals surface area contributed by atoms with Crippen molar-refractivity contribution >= 4 is 53.0 Å². The summed E-state index contributed by atoms with van der Waals surface area (Å²) in [6, 6.07) is 5.22. The summed E-state index contributed by atoms with van der Waals surface area (Å²) in [5.41, 5.74) is 5.90. The van der Waals surface area contributed by atoms with E-state index >= 15 is 0 Å². The van der Waals surface area contributed by atoms with Crippen LogP contribution in [-0.4, -0.2) is 82.9 Å². The predicted molar refractivity (Wildman–Crippen MR) is 161 cm³/mol. The van der Waals surface area contributed by atoms with Crippen molar-refractivity contribution in [3.63, 3.8) is 0 Å². The summed E-state index contributed by atoms with van der Waals surface area (Å²) in [5, 5.41) is 22.2. The van der Waals surface area contributed by atoms with Gasteiger partial charge in [0.15, 0.2) is 31.8 Å². The number of aliphatic hydroxyl groups is 1. The van der Waals surface area contributed by atoms with Gasteiger partial charge in [0.2, 0.25) is 5.91 Å². The van der Waals surface area contributed by atoms with Crippen LogP contribution in [0.1, 0.15) is 50.2 Å². The number of nitrogens with one attached hydrogen (secondary N) is 1. The third kappa shape index (κ3) is 7.51. The molecule has 1 fully saturated rings. The fraction of sp³-hybridized carbons (Fsp3) is 0.500. The summed E-state index contributed by atoms with van der Waals surface area (Å²) in [7, 11) is -7.23. The summed E-state index contributed by atoms with van der Waals surface area (Å²) >= 11 is 0. The highest BCUT2D eigenvalue weighted by Crippen LogP contribution is 2.42. The van der Waals surface area contributed by atoms with Crippen molar-refractivity contribution in [1.82, 2.24) is 24.2 Å². The lowest BCUT2D eigenvalue weighted by Crippen LogP contribution is -2.49. The number of nitrogen functional groups attached to an aromatic ring is 1. The SMILES string of the molecule is CC(C)(C)[Si](C)(C)O[C@@H]1[C@H](O)[C@@H](COS(=O)(=O)NC(=O)CCC(=O)c2ccccc2[N+](=O)[O-])O[C@H]1n1cnc2c(N)ncnc21. The number of nitrogens with two attached hydrogens (primary N) is 1. The van der Waals surface area contributed by atoms with Crippen LogP contribution in [0.4, 0.5) is 11.5 Å². The average molecular weight is 666 g/mol. The summed E-state index contributed by atoms with van der Waals surface area (Å²) in [4.78, 5) is 47.7. The molecule has 1 amide bonds. The van der Waals surface area contributed by atoms with Gasteiger partial charge in [-0.2, -0.15) is 8.42 Å². The van der Waals surface area contributed by atoms with Crippen molar-refractivity contribution < 1.29 is 41.4 Å². The first-order valence-corrected chi connectivity index (χ1v) is 18.1. The first kappa shape index (κ1) is 34.0. The molecule has 0 spiro atoms. The van der Waals surface area contributed by atoms with Crippen LogP contribution in [-0.2, 0) is 28.4 Å². The molecule has 1 aromatic carbocycles. The molecule has 244 valence electrons. The van der Waals surface area contributed by atoms with Crippen LogP contribution in [0, 0.1) is 10.1 Å². The highest BCUT2D eigenvalue weighted by atomic mass is 32.2. The molecule has 19 heteroatoms. The van der Waals surface area contributed by atoms with Crippen LogP contribution in [0.25, 0.3) is 11.2 Å². The van der Waals surface area contributed by atoms with E-state index in [1.165, 1.54) is 35.4 Å². The van der Waals surface area contributed by atoms with Gasteiger partial charge in [0.05, 0.1) is 23.4 Å². The topological polar surface area (TPSA) is 241 Å². The van der Waals surface area contributed by atoms with Gasteiger partial charge in [-0.25, -0.2) is 19.7 Å². The van der Waals surface area contributed by atoms with Crippen molar-refractivity contribution in [2.24, 2.45) is 0 Å². The Morgan fingerprint density at radius 3 is 2.56 bits per heavy atom. The van der Waals surface area contributed by atoms with Gasteiger partial charge in [0, 0.05) is 18.9 Å². The van der Waals surface area contributed by atoms with E-state index in [0.29, 0.717) is 11.2 Å². The maximum Gasteiger partial charge on any atom is 0.362 e. The molecule has 2 aromatic heterocycles. The maximum atomic E-state index is 12.6. The Morgan fingerprint density at radius 2 is 1.89 bits per heavy atom. The lowest BCUT2D eigenvalue weighted by molar-refractivity contribution is -0.385. The van der Waals surface area contributed by atoms with Crippen LogP contribution < -0.4 is 10.5 Å². The van der Waals surface area contributed by atoms with Crippen LogP contribution in [0.5, 0.6) is 0 Å². The number of nitro groups is 1. The normalized spacial score (nSPS) is 20.8. The first-order chi connectivity index (χ1) is 20.9. The number of hydrogen-bond acceptors (Lipinski definition) is 14. The van der Waals surface area contributed by atoms with Gasteiger partial charge in [-0.15, -0.1) is 0 Å². The summed E-state index contributed by atoms with van der Waals surface area (Å²) in [6.07, 6.45) is -3.02. The monoisotopic (exact) mass is 665 g/mol. The second kappa shape index (κ2) is 12.8. The molecule has 0 unspecified atom stereocenters. The Balaban J connectivity index is 1.45. The quantitative estimate of drug-likeness (QED) is 0.108. The second-order valence-corrected chi connectivity index (χ2v) is 18.0. The number of ketones is 1. The molecule has 0 bridgehead atoms. The van der Waals surface area contributed by atoms with Gasteiger partial charge in [-0.05, 0) is 24.2 Å². The number of nitro benzene ring substituents is 1. The fourth-order valence-electron chi connectivity index (χ4n) is 4.39. The van der Waals surface area contributed by atoms with Gasteiger partial charge >= 0.3 is 10.3 Å². The largest absolute Gasteiger partial charge is 0.407 e. The van der Waals surface area contributed by atoms with Crippen LogP contribution in [0.2, 0.25) is 18.1 Å². The number of aromatic nitrogens is 4. The predicted octanol–water partition coefficient (Wildman–Crippen LogP) is 2.01. The second-order valence-electron chi connectivity index (χ2n) is 11.9. The number of ether oxygens (including phenoxy) is 1. The number of para-hydroxylation sites is 1. The molecule has 4 N–H and O–H groups in total. The van der Waals surface area contributed by atoms with Crippen molar-refractivity contribution in [2.75, 3.05) is 12.3 Å². The van der Waals surface area contributed by atoms with E-state index < -0.39 is 84.9 Å². The van der Waals surface area contributed by atoms with Crippen molar-refractivity contribution in [3.8, 4) is 0 Å². The van der Waals surface area contributed by atoms with E-state index in [9.17, 15) is 33.2 Å². The minimum atomic E-state index is -4.71. The number of fused-ring (bicyclic) bond motifs is 1. The molecule has 17 nitrogen and oxygen atoms in total. The number of Topliss-reactive ketones (excluding diaryl/α,β-unsaturated/α-hetero) is 1. The number of benzene rings is 1. The van der Waals surface area contributed by atoms with Gasteiger partial charge in [0.1, 0.15) is 30.2 Å². The van der Waals surface area contributed by atoms with E-state index in [0.717, 1.165) is 6.07 Å². The number of anilines is 1. The van der Waals surface area contributed by atoms with E-state index in [4.69, 9.17) is 19.1 Å². The summed E-state index contributed by atoms with van der Waals surface area (Å²) in [6.45, 7) is 9.31. The summed E-state index contributed by atoms with van der Waals surface area (Å²) < 4.78 is 46.0. The van der Waals surface area contributed by atoms with Gasteiger partial charge < -0.3 is 20.0 Å². The van der Waals surface area contributed by atoms with Crippen LogP contribution >= 0.6 is 0 Å². The molecule has 4 rings (SSSR count). The number of amides is 1. The molecule has 3 heterocycles. The number of aliphatic hydroxyl groups excluding tert-OH is 1. The van der Waals surface area contributed by atoms with E-state index in [2.05, 4.69) is 15.0 Å². The average Bonchev–Trinajstić information content (AvgIpc) is 3.51. The molecule has 0 radical (unpaired) electrons. The molecular formula is C26H35N7O10SSi. The van der Waals surface area contributed by atoms with Crippen molar-refractivity contribution in [2.45, 2.75) is 76.3 Å². The zero-order chi connectivity index (χ0) is 33.3. The van der Waals surface area contributed by atoms with E-state index in [1.54, 1.807) is 4.72 Å². The van der Waals surface area contributed by atoms with Crippen molar-refractivity contribution in [1.29, 1.82) is 0 Å². The smallest absolute Gasteiger partial charge is 0.362 e. The number of nitrogens with zero attached hydrogens (tertiary/aromatic N) is 5. The number of rotatable bonds is 12. The molecule has 4 atom stereocenters.